The third kappa shape index (κ3) is 1.53. The van der Waals surface area contributed by atoms with Crippen LogP contribution in [0.1, 0.15) is 0 Å². The molecule has 3 nitrogen and oxygen atoms in total. The van der Waals surface area contributed by atoms with E-state index in [0.29, 0.717) is 0 Å². The molecular formula is C10H6ClFO3. The van der Waals surface area contributed by atoms with Gasteiger partial charge in [0.1, 0.15) is 17.6 Å². The third-order valence-corrected chi connectivity index (χ3v) is 2.28. The van der Waals surface area contributed by atoms with Crippen LogP contribution in [0, 0.1) is 5.82 Å². The number of hydrogen-bond donors (Lipinski definition) is 2. The summed E-state index contributed by atoms with van der Waals surface area (Å²) in [5.41, 5.74) is -0.221. The normalized spacial score (nSPS) is 10.5. The van der Waals surface area contributed by atoms with Crippen molar-refractivity contribution in [3.05, 3.63) is 35.3 Å². The molecule has 5 heteroatoms. The molecular weight excluding hydrogens is 223 g/mol. The summed E-state index contributed by atoms with van der Waals surface area (Å²) < 4.78 is 18.0. The van der Waals surface area contributed by atoms with Crippen molar-refractivity contribution >= 4 is 11.6 Å². The lowest BCUT2D eigenvalue weighted by atomic mass is 10.1. The number of hydrogen-bond acceptors (Lipinski definition) is 3. The molecule has 0 radical (unpaired) electrons. The number of rotatable bonds is 1. The molecule has 0 aliphatic carbocycles. The van der Waals surface area contributed by atoms with Crippen LogP contribution < -0.4 is 0 Å². The van der Waals surface area contributed by atoms with Gasteiger partial charge in [0.25, 0.3) is 5.95 Å². The summed E-state index contributed by atoms with van der Waals surface area (Å²) in [5.74, 6) is -1.58. The summed E-state index contributed by atoms with van der Waals surface area (Å²) in [4.78, 5) is 0. The minimum atomic E-state index is -0.644. The second kappa shape index (κ2) is 3.47. The quantitative estimate of drug-likeness (QED) is 0.788. The van der Waals surface area contributed by atoms with Crippen LogP contribution in [0.3, 0.4) is 0 Å². The van der Waals surface area contributed by atoms with Crippen molar-refractivity contribution in [2.45, 2.75) is 0 Å². The van der Waals surface area contributed by atoms with Gasteiger partial charge in [0, 0.05) is 5.56 Å². The van der Waals surface area contributed by atoms with Gasteiger partial charge < -0.3 is 14.6 Å². The Morgan fingerprint density at radius 2 is 1.93 bits per heavy atom. The van der Waals surface area contributed by atoms with E-state index in [1.807, 2.05) is 0 Å². The van der Waals surface area contributed by atoms with E-state index in [0.717, 1.165) is 6.26 Å². The van der Waals surface area contributed by atoms with Gasteiger partial charge in [-0.3, -0.25) is 0 Å². The highest BCUT2D eigenvalue weighted by Crippen LogP contribution is 2.43. The zero-order valence-electron chi connectivity index (χ0n) is 7.37. The van der Waals surface area contributed by atoms with E-state index < -0.39 is 11.8 Å². The van der Waals surface area contributed by atoms with Gasteiger partial charge in [0.2, 0.25) is 0 Å². The molecule has 0 fully saturated rings. The first-order valence-electron chi connectivity index (χ1n) is 4.05. The van der Waals surface area contributed by atoms with Crippen molar-refractivity contribution in [2.75, 3.05) is 0 Å². The molecule has 0 saturated heterocycles. The molecule has 0 unspecified atom stereocenters. The Hall–Kier alpha value is -1.68. The first-order chi connectivity index (χ1) is 7.11. The summed E-state index contributed by atoms with van der Waals surface area (Å²) in [5, 5.41) is 18.7. The predicted molar refractivity (Wildman–Crippen MR) is 52.4 cm³/mol. The monoisotopic (exact) mass is 228 g/mol. The Balaban J connectivity index is 2.74. The van der Waals surface area contributed by atoms with Crippen molar-refractivity contribution in [1.29, 1.82) is 0 Å². The van der Waals surface area contributed by atoms with Gasteiger partial charge in [-0.2, -0.15) is 0 Å². The van der Waals surface area contributed by atoms with Gasteiger partial charge in [0.15, 0.2) is 5.75 Å². The molecule has 0 atom stereocenters. The maximum absolute atomic E-state index is 13.4. The van der Waals surface area contributed by atoms with E-state index in [1.54, 1.807) is 0 Å². The van der Waals surface area contributed by atoms with Crippen LogP contribution in [0.5, 0.6) is 11.7 Å². The number of halogens is 2. The van der Waals surface area contributed by atoms with Crippen LogP contribution in [-0.2, 0) is 0 Å². The van der Waals surface area contributed by atoms with Crippen LogP contribution in [0.4, 0.5) is 4.39 Å². The molecule has 0 amide bonds. The summed E-state index contributed by atoms with van der Waals surface area (Å²) in [6.45, 7) is 0. The molecule has 1 aromatic carbocycles. The molecule has 1 aromatic heterocycles. The second-order valence-electron chi connectivity index (χ2n) is 2.90. The first-order valence-corrected chi connectivity index (χ1v) is 4.43. The fourth-order valence-corrected chi connectivity index (χ4v) is 1.57. The molecule has 78 valence electrons. The highest BCUT2D eigenvalue weighted by Gasteiger charge is 2.20. The third-order valence-electron chi connectivity index (χ3n) is 1.96. The van der Waals surface area contributed by atoms with Crippen molar-refractivity contribution < 1.29 is 19.0 Å². The maximum Gasteiger partial charge on any atom is 0.294 e. The average Bonchev–Trinajstić information content (AvgIpc) is 2.49. The molecule has 2 rings (SSSR count). The van der Waals surface area contributed by atoms with Gasteiger partial charge in [-0.15, -0.1) is 0 Å². The maximum atomic E-state index is 13.4. The summed E-state index contributed by atoms with van der Waals surface area (Å²) in [6, 6.07) is 4.05. The molecule has 0 bridgehead atoms. The SMILES string of the molecule is Oc1coc(O)c1-c1c(F)cccc1Cl. The van der Waals surface area contributed by atoms with E-state index in [2.05, 4.69) is 4.42 Å². The van der Waals surface area contributed by atoms with E-state index in [-0.39, 0.29) is 21.9 Å². The van der Waals surface area contributed by atoms with Gasteiger partial charge in [-0.25, -0.2) is 4.39 Å². The van der Waals surface area contributed by atoms with Gasteiger partial charge in [0.05, 0.1) is 5.02 Å². The Labute approximate surface area is 89.3 Å². The van der Waals surface area contributed by atoms with Crippen LogP contribution in [0.15, 0.2) is 28.9 Å². The van der Waals surface area contributed by atoms with Crippen LogP contribution >= 0.6 is 11.6 Å². The smallest absolute Gasteiger partial charge is 0.294 e. The van der Waals surface area contributed by atoms with E-state index >= 15 is 0 Å². The highest BCUT2D eigenvalue weighted by atomic mass is 35.5. The zero-order chi connectivity index (χ0) is 11.0. The fourth-order valence-electron chi connectivity index (χ4n) is 1.31. The molecule has 0 saturated carbocycles. The standard InChI is InChI=1S/C10H6ClFO3/c11-5-2-1-3-6(12)8(5)9-7(13)4-15-10(9)14/h1-4,13-14H. The topological polar surface area (TPSA) is 53.6 Å². The zero-order valence-corrected chi connectivity index (χ0v) is 8.12. The van der Waals surface area contributed by atoms with Crippen LogP contribution in [-0.4, -0.2) is 10.2 Å². The molecule has 2 aromatic rings. The van der Waals surface area contributed by atoms with Crippen LogP contribution in [0.2, 0.25) is 5.02 Å². The minimum Gasteiger partial charge on any atom is -0.504 e. The highest BCUT2D eigenvalue weighted by molar-refractivity contribution is 6.33. The lowest BCUT2D eigenvalue weighted by Crippen LogP contribution is -1.84. The second-order valence-corrected chi connectivity index (χ2v) is 3.30. The van der Waals surface area contributed by atoms with Crippen molar-refractivity contribution in [2.24, 2.45) is 0 Å². The molecule has 15 heavy (non-hydrogen) atoms. The molecule has 0 spiro atoms. The van der Waals surface area contributed by atoms with E-state index in [1.165, 1.54) is 18.2 Å². The lowest BCUT2D eigenvalue weighted by molar-refractivity contribution is 0.332. The number of furan rings is 1. The van der Waals surface area contributed by atoms with E-state index in [9.17, 15) is 14.6 Å². The minimum absolute atomic E-state index is 0.0806. The summed E-state index contributed by atoms with van der Waals surface area (Å²) in [7, 11) is 0. The number of benzene rings is 1. The first kappa shape index (κ1) is 9.86. The molecule has 0 aliphatic heterocycles. The van der Waals surface area contributed by atoms with Gasteiger partial charge in [-0.05, 0) is 12.1 Å². The average molecular weight is 229 g/mol. The summed E-state index contributed by atoms with van der Waals surface area (Å²) in [6.07, 6.45) is 0.910. The molecule has 2 N–H and O–H groups in total. The van der Waals surface area contributed by atoms with Gasteiger partial charge >= 0.3 is 0 Å². The predicted octanol–water partition coefficient (Wildman–Crippen LogP) is 3.15. The largest absolute Gasteiger partial charge is 0.504 e. The van der Waals surface area contributed by atoms with Crippen molar-refractivity contribution in [1.82, 2.24) is 0 Å². The van der Waals surface area contributed by atoms with Gasteiger partial charge in [-0.1, -0.05) is 17.7 Å². The number of aromatic hydroxyl groups is 2. The lowest BCUT2D eigenvalue weighted by Gasteiger charge is -2.03. The summed E-state index contributed by atoms with van der Waals surface area (Å²) >= 11 is 5.76. The Morgan fingerprint density at radius 1 is 1.20 bits per heavy atom. The van der Waals surface area contributed by atoms with Crippen molar-refractivity contribution in [3.63, 3.8) is 0 Å². The Bertz CT molecular complexity index is 468. The van der Waals surface area contributed by atoms with Crippen LogP contribution in [0.25, 0.3) is 11.1 Å². The fraction of sp³-hybridized carbons (Fsp3) is 0. The van der Waals surface area contributed by atoms with E-state index in [4.69, 9.17) is 11.6 Å². The van der Waals surface area contributed by atoms with Crippen molar-refractivity contribution in [3.8, 4) is 22.8 Å². The Morgan fingerprint density at radius 3 is 2.47 bits per heavy atom. The molecule has 1 heterocycles. The Kier molecular flexibility index (Phi) is 2.28. The molecule has 0 aliphatic rings.